The van der Waals surface area contributed by atoms with Crippen molar-refractivity contribution in [1.82, 2.24) is 9.97 Å². The summed E-state index contributed by atoms with van der Waals surface area (Å²) in [5.74, 6) is 2.00. The molecule has 2 rings (SSSR count). The van der Waals surface area contributed by atoms with Crippen LogP contribution in [-0.2, 0) is 5.75 Å². The minimum atomic E-state index is -0.999. The fourth-order valence-electron chi connectivity index (χ4n) is 1.88. The Kier molecular flexibility index (Phi) is 4.67. The summed E-state index contributed by atoms with van der Waals surface area (Å²) in [6.45, 7) is 7.56. The summed E-state index contributed by atoms with van der Waals surface area (Å²) in [4.78, 5) is 20.1. The summed E-state index contributed by atoms with van der Waals surface area (Å²) in [7, 11) is 0. The number of aryl methyl sites for hydroxylation is 2. The number of carboxylic acids is 1. The van der Waals surface area contributed by atoms with Gasteiger partial charge in [-0.15, -0.1) is 0 Å². The Morgan fingerprint density at radius 2 is 2.05 bits per heavy atom. The van der Waals surface area contributed by atoms with Crippen LogP contribution in [0, 0.1) is 13.8 Å². The highest BCUT2D eigenvalue weighted by Crippen LogP contribution is 2.28. The average molecular weight is 306 g/mol. The molecule has 5 nitrogen and oxygen atoms in total. The summed E-state index contributed by atoms with van der Waals surface area (Å²) < 4.78 is 5.50. The maximum absolute atomic E-state index is 11.4. The maximum Gasteiger partial charge on any atom is 0.340 e. The standard InChI is InChI=1S/C15H18N2O3S/c1-8(2)13-16-10(4)12(15(18)19)14(17-13)21-7-11-6-5-9(3)20-11/h5-6,8H,7H2,1-4H3,(H,18,19). The second-order valence-electron chi connectivity index (χ2n) is 5.11. The van der Waals surface area contributed by atoms with Crippen molar-refractivity contribution >= 4 is 17.7 Å². The molecule has 0 fully saturated rings. The van der Waals surface area contributed by atoms with Crippen molar-refractivity contribution in [2.24, 2.45) is 0 Å². The van der Waals surface area contributed by atoms with E-state index >= 15 is 0 Å². The second kappa shape index (κ2) is 6.30. The van der Waals surface area contributed by atoms with Gasteiger partial charge >= 0.3 is 5.97 Å². The molecular formula is C15H18N2O3S. The van der Waals surface area contributed by atoms with E-state index in [0.29, 0.717) is 22.3 Å². The van der Waals surface area contributed by atoms with Crippen LogP contribution in [0.15, 0.2) is 21.6 Å². The summed E-state index contributed by atoms with van der Waals surface area (Å²) in [6.07, 6.45) is 0. The van der Waals surface area contributed by atoms with Crippen molar-refractivity contribution in [2.45, 2.75) is 44.4 Å². The molecule has 0 aromatic carbocycles. The number of carboxylic acid groups (broad SMARTS) is 1. The van der Waals surface area contributed by atoms with Crippen LogP contribution < -0.4 is 0 Å². The molecule has 2 aromatic rings. The van der Waals surface area contributed by atoms with Gasteiger partial charge in [0.05, 0.1) is 11.4 Å². The fraction of sp³-hybridized carbons (Fsp3) is 0.400. The maximum atomic E-state index is 11.4. The van der Waals surface area contributed by atoms with Gasteiger partial charge in [0.25, 0.3) is 0 Å². The molecule has 0 aliphatic carbocycles. The molecule has 0 saturated carbocycles. The Balaban J connectivity index is 2.32. The van der Waals surface area contributed by atoms with Crippen molar-refractivity contribution in [3.05, 3.63) is 40.7 Å². The molecule has 0 spiro atoms. The molecule has 0 amide bonds. The first kappa shape index (κ1) is 15.6. The highest BCUT2D eigenvalue weighted by atomic mass is 32.2. The van der Waals surface area contributed by atoms with E-state index in [9.17, 15) is 9.90 Å². The van der Waals surface area contributed by atoms with E-state index in [1.165, 1.54) is 11.8 Å². The number of aromatic nitrogens is 2. The number of hydrogen-bond donors (Lipinski definition) is 1. The zero-order chi connectivity index (χ0) is 15.6. The average Bonchev–Trinajstić information content (AvgIpc) is 2.80. The second-order valence-corrected chi connectivity index (χ2v) is 6.07. The Morgan fingerprint density at radius 1 is 1.33 bits per heavy atom. The SMILES string of the molecule is Cc1ccc(CSc2nc(C(C)C)nc(C)c2C(=O)O)o1. The van der Waals surface area contributed by atoms with Crippen molar-refractivity contribution in [1.29, 1.82) is 0 Å². The zero-order valence-corrected chi connectivity index (χ0v) is 13.3. The molecular weight excluding hydrogens is 288 g/mol. The van der Waals surface area contributed by atoms with E-state index in [1.807, 2.05) is 32.9 Å². The van der Waals surface area contributed by atoms with Gasteiger partial charge in [0, 0.05) is 5.92 Å². The molecule has 6 heteroatoms. The van der Waals surface area contributed by atoms with Crippen LogP contribution in [0.3, 0.4) is 0 Å². The van der Waals surface area contributed by atoms with E-state index in [0.717, 1.165) is 11.5 Å². The van der Waals surface area contributed by atoms with E-state index in [2.05, 4.69) is 9.97 Å². The van der Waals surface area contributed by atoms with Gasteiger partial charge < -0.3 is 9.52 Å². The Labute approximate surface area is 127 Å². The van der Waals surface area contributed by atoms with Crippen LogP contribution in [-0.4, -0.2) is 21.0 Å². The first-order chi connectivity index (χ1) is 9.88. The number of hydrogen-bond acceptors (Lipinski definition) is 5. The van der Waals surface area contributed by atoms with Gasteiger partial charge in [-0.3, -0.25) is 0 Å². The van der Waals surface area contributed by atoms with Gasteiger partial charge in [-0.25, -0.2) is 14.8 Å². The first-order valence-corrected chi connectivity index (χ1v) is 7.67. The number of thioether (sulfide) groups is 1. The van der Waals surface area contributed by atoms with Crippen LogP contribution in [0.5, 0.6) is 0 Å². The highest BCUT2D eigenvalue weighted by Gasteiger charge is 2.19. The van der Waals surface area contributed by atoms with Crippen LogP contribution in [0.1, 0.15) is 53.2 Å². The molecule has 21 heavy (non-hydrogen) atoms. The van der Waals surface area contributed by atoms with E-state index in [4.69, 9.17) is 4.42 Å². The normalized spacial score (nSPS) is 11.1. The van der Waals surface area contributed by atoms with Crippen LogP contribution in [0.4, 0.5) is 0 Å². The highest BCUT2D eigenvalue weighted by molar-refractivity contribution is 7.98. The van der Waals surface area contributed by atoms with Crippen molar-refractivity contribution in [2.75, 3.05) is 0 Å². The molecule has 0 saturated heterocycles. The topological polar surface area (TPSA) is 76.2 Å². The predicted octanol–water partition coefficient (Wildman–Crippen LogP) is 3.80. The van der Waals surface area contributed by atoms with Gasteiger partial charge in [0.1, 0.15) is 27.9 Å². The molecule has 0 bridgehead atoms. The molecule has 0 atom stereocenters. The summed E-state index contributed by atoms with van der Waals surface area (Å²) >= 11 is 1.36. The van der Waals surface area contributed by atoms with Crippen molar-refractivity contribution in [3.63, 3.8) is 0 Å². The summed E-state index contributed by atoms with van der Waals surface area (Å²) in [5.41, 5.74) is 0.673. The predicted molar refractivity (Wildman–Crippen MR) is 80.8 cm³/mol. The zero-order valence-electron chi connectivity index (χ0n) is 12.5. The molecule has 0 aliphatic rings. The Morgan fingerprint density at radius 3 is 2.57 bits per heavy atom. The lowest BCUT2D eigenvalue weighted by Gasteiger charge is -2.11. The van der Waals surface area contributed by atoms with Crippen LogP contribution in [0.25, 0.3) is 0 Å². The lowest BCUT2D eigenvalue weighted by molar-refractivity contribution is 0.0690. The van der Waals surface area contributed by atoms with Gasteiger partial charge in [0.15, 0.2) is 0 Å². The molecule has 112 valence electrons. The van der Waals surface area contributed by atoms with Crippen LogP contribution >= 0.6 is 11.8 Å². The molecule has 2 aromatic heterocycles. The lowest BCUT2D eigenvalue weighted by atomic mass is 10.2. The van der Waals surface area contributed by atoms with Crippen molar-refractivity contribution in [3.8, 4) is 0 Å². The molecule has 0 aliphatic heterocycles. The summed E-state index contributed by atoms with van der Waals surface area (Å²) in [5, 5.41) is 9.85. The van der Waals surface area contributed by atoms with Crippen LogP contribution in [0.2, 0.25) is 0 Å². The molecule has 2 heterocycles. The third-order valence-electron chi connectivity index (χ3n) is 2.95. The van der Waals surface area contributed by atoms with E-state index in [1.54, 1.807) is 6.92 Å². The van der Waals surface area contributed by atoms with Gasteiger partial charge in [0.2, 0.25) is 0 Å². The van der Waals surface area contributed by atoms with Crippen molar-refractivity contribution < 1.29 is 14.3 Å². The Hall–Kier alpha value is -1.82. The van der Waals surface area contributed by atoms with Gasteiger partial charge in [-0.2, -0.15) is 0 Å². The number of nitrogens with zero attached hydrogens (tertiary/aromatic N) is 2. The number of carbonyl (C=O) groups is 1. The molecule has 1 N–H and O–H groups in total. The van der Waals surface area contributed by atoms with Gasteiger partial charge in [-0.05, 0) is 26.0 Å². The minimum absolute atomic E-state index is 0.150. The van der Waals surface area contributed by atoms with Gasteiger partial charge in [-0.1, -0.05) is 25.6 Å². The number of rotatable bonds is 5. The number of furan rings is 1. The third-order valence-corrected chi connectivity index (χ3v) is 3.95. The largest absolute Gasteiger partial charge is 0.478 e. The van der Waals surface area contributed by atoms with E-state index < -0.39 is 5.97 Å². The summed E-state index contributed by atoms with van der Waals surface area (Å²) in [6, 6.07) is 3.78. The smallest absolute Gasteiger partial charge is 0.340 e. The number of aromatic carboxylic acids is 1. The monoisotopic (exact) mass is 306 g/mol. The molecule has 0 unspecified atom stereocenters. The Bertz CT molecular complexity index is 665. The molecule has 0 radical (unpaired) electrons. The quantitative estimate of drug-likeness (QED) is 0.669. The third kappa shape index (κ3) is 3.64. The first-order valence-electron chi connectivity index (χ1n) is 6.68. The lowest BCUT2D eigenvalue weighted by Crippen LogP contribution is -2.10. The fourth-order valence-corrected chi connectivity index (χ4v) is 2.85. The minimum Gasteiger partial charge on any atom is -0.478 e. The van der Waals surface area contributed by atoms with E-state index in [-0.39, 0.29) is 11.5 Å².